The Labute approximate surface area is 163 Å². The fourth-order valence-corrected chi connectivity index (χ4v) is 3.05. The van der Waals surface area contributed by atoms with E-state index in [-0.39, 0.29) is 6.61 Å². The zero-order valence-electron chi connectivity index (χ0n) is 15.5. The number of anilines is 1. The molecule has 4 rings (SSSR count). The minimum absolute atomic E-state index is 0.0439. The minimum Gasteiger partial charge on any atom is -0.395 e. The largest absolute Gasteiger partial charge is 0.395 e. The van der Waals surface area contributed by atoms with Crippen molar-refractivity contribution in [2.75, 3.05) is 18.5 Å². The molecule has 0 radical (unpaired) electrons. The van der Waals surface area contributed by atoms with Gasteiger partial charge in [-0.2, -0.15) is 0 Å². The Morgan fingerprint density at radius 2 is 1.50 bits per heavy atom. The minimum atomic E-state index is 0.0439. The summed E-state index contributed by atoms with van der Waals surface area (Å²) in [4.78, 5) is 14.3. The Morgan fingerprint density at radius 3 is 2.21 bits per heavy atom. The maximum absolute atomic E-state index is 9.02. The van der Waals surface area contributed by atoms with Gasteiger partial charge < -0.3 is 16.2 Å². The molecule has 140 valence electrons. The van der Waals surface area contributed by atoms with Crippen LogP contribution < -0.4 is 11.1 Å². The topological polar surface area (TPSA) is 98.6 Å². The molecule has 0 aliphatic carbocycles. The normalized spacial score (nSPS) is 10.9. The highest BCUT2D eigenvalue weighted by molar-refractivity contribution is 5.85. The number of rotatable bonds is 6. The van der Waals surface area contributed by atoms with Crippen LogP contribution in [0.5, 0.6) is 0 Å². The van der Waals surface area contributed by atoms with Crippen LogP contribution in [0.25, 0.3) is 33.7 Å². The van der Waals surface area contributed by atoms with Crippen molar-refractivity contribution in [1.82, 2.24) is 15.0 Å². The molecule has 0 unspecified atom stereocenters. The van der Waals surface area contributed by atoms with Crippen LogP contribution in [-0.2, 0) is 6.54 Å². The standard InChI is InChI=1S/C22H21N5O/c23-14-15-6-8-17(9-7-15)21-20(16-4-2-1-3-5-16)25-18-10-11-19(24-12-13-28)26-22(18)27-21/h1-11,28H,12-14,23H2,(H,24,26,27)/p+1. The molecular formula is C22H22N5O+. The molecule has 2 aromatic carbocycles. The number of aliphatic hydroxyl groups is 1. The number of fused-ring (bicyclic) bond motifs is 1. The monoisotopic (exact) mass is 372 g/mol. The van der Waals surface area contributed by atoms with E-state index in [0.29, 0.717) is 18.0 Å². The first kappa shape index (κ1) is 18.0. The van der Waals surface area contributed by atoms with E-state index in [4.69, 9.17) is 15.1 Å². The van der Waals surface area contributed by atoms with Crippen molar-refractivity contribution in [3.63, 3.8) is 0 Å². The second-order valence-electron chi connectivity index (χ2n) is 6.42. The van der Waals surface area contributed by atoms with E-state index in [1.54, 1.807) is 0 Å². The number of nitrogens with zero attached hydrogens (tertiary/aromatic N) is 3. The highest BCUT2D eigenvalue weighted by atomic mass is 16.3. The Morgan fingerprint density at radius 1 is 0.786 bits per heavy atom. The van der Waals surface area contributed by atoms with Crippen LogP contribution >= 0.6 is 0 Å². The Hall–Kier alpha value is -3.35. The lowest BCUT2D eigenvalue weighted by Crippen LogP contribution is -2.47. The third kappa shape index (κ3) is 3.69. The summed E-state index contributed by atoms with van der Waals surface area (Å²) in [5.41, 5.74) is 10.0. The molecule has 2 heterocycles. The molecular weight excluding hydrogens is 350 g/mol. The molecule has 5 N–H and O–H groups in total. The molecule has 0 bridgehead atoms. The molecule has 4 aromatic rings. The van der Waals surface area contributed by atoms with Gasteiger partial charge in [-0.25, -0.2) is 15.0 Å². The lowest BCUT2D eigenvalue weighted by molar-refractivity contribution is -0.386. The predicted molar refractivity (Wildman–Crippen MR) is 110 cm³/mol. The molecule has 0 fully saturated rings. The first-order chi connectivity index (χ1) is 13.8. The van der Waals surface area contributed by atoms with Gasteiger partial charge in [-0.1, -0.05) is 54.6 Å². The molecule has 0 saturated heterocycles. The van der Waals surface area contributed by atoms with Gasteiger partial charge in [0.1, 0.15) is 11.3 Å². The SMILES string of the molecule is [NH3+]Cc1ccc(-c2nc3nc(NCCO)ccc3nc2-c2ccccc2)cc1. The van der Waals surface area contributed by atoms with E-state index in [9.17, 15) is 0 Å². The van der Waals surface area contributed by atoms with Crippen LogP contribution in [0.3, 0.4) is 0 Å². The van der Waals surface area contributed by atoms with E-state index in [0.717, 1.165) is 34.6 Å². The van der Waals surface area contributed by atoms with Crippen LogP contribution in [0.2, 0.25) is 0 Å². The molecule has 0 saturated carbocycles. The maximum Gasteiger partial charge on any atom is 0.180 e. The van der Waals surface area contributed by atoms with Gasteiger partial charge in [-0.15, -0.1) is 0 Å². The van der Waals surface area contributed by atoms with Gasteiger partial charge in [0.05, 0.1) is 24.5 Å². The third-order valence-corrected chi connectivity index (χ3v) is 4.51. The zero-order valence-corrected chi connectivity index (χ0v) is 15.5. The van der Waals surface area contributed by atoms with Crippen molar-refractivity contribution >= 4 is 17.0 Å². The summed E-state index contributed by atoms with van der Waals surface area (Å²) in [5.74, 6) is 0.668. The van der Waals surface area contributed by atoms with Crippen molar-refractivity contribution in [3.8, 4) is 22.5 Å². The molecule has 0 aliphatic rings. The lowest BCUT2D eigenvalue weighted by atomic mass is 10.0. The summed E-state index contributed by atoms with van der Waals surface area (Å²) in [6.45, 7) is 1.23. The quantitative estimate of drug-likeness (QED) is 0.483. The van der Waals surface area contributed by atoms with Gasteiger partial charge >= 0.3 is 0 Å². The number of pyridine rings is 1. The average Bonchev–Trinajstić information content (AvgIpc) is 2.77. The number of quaternary nitrogens is 1. The van der Waals surface area contributed by atoms with Crippen molar-refractivity contribution in [3.05, 3.63) is 72.3 Å². The van der Waals surface area contributed by atoms with Crippen LogP contribution in [0, 0.1) is 0 Å². The first-order valence-electron chi connectivity index (χ1n) is 9.26. The zero-order chi connectivity index (χ0) is 19.3. The molecule has 6 heteroatoms. The average molecular weight is 372 g/mol. The molecule has 0 aliphatic heterocycles. The summed E-state index contributed by atoms with van der Waals surface area (Å²) in [7, 11) is 0. The lowest BCUT2D eigenvalue weighted by Gasteiger charge is -2.11. The van der Waals surface area contributed by atoms with Crippen molar-refractivity contribution in [2.45, 2.75) is 6.54 Å². The van der Waals surface area contributed by atoms with Gasteiger partial charge in [-0.05, 0) is 12.1 Å². The number of hydrogen-bond acceptors (Lipinski definition) is 5. The van der Waals surface area contributed by atoms with Crippen molar-refractivity contribution in [2.24, 2.45) is 0 Å². The number of benzene rings is 2. The predicted octanol–water partition coefficient (Wildman–Crippen LogP) is 2.50. The van der Waals surface area contributed by atoms with E-state index in [1.165, 1.54) is 5.56 Å². The van der Waals surface area contributed by atoms with E-state index >= 15 is 0 Å². The van der Waals surface area contributed by atoms with Gasteiger partial charge in [0.2, 0.25) is 0 Å². The Balaban J connectivity index is 1.89. The summed E-state index contributed by atoms with van der Waals surface area (Å²) >= 11 is 0. The second kappa shape index (κ2) is 8.12. The van der Waals surface area contributed by atoms with Gasteiger partial charge in [-0.3, -0.25) is 0 Å². The number of aromatic nitrogens is 3. The van der Waals surface area contributed by atoms with Crippen LogP contribution in [0.15, 0.2) is 66.7 Å². The van der Waals surface area contributed by atoms with Crippen molar-refractivity contribution in [1.29, 1.82) is 0 Å². The van der Waals surface area contributed by atoms with Gasteiger partial charge in [0.25, 0.3) is 0 Å². The van der Waals surface area contributed by atoms with Crippen LogP contribution in [0.4, 0.5) is 5.82 Å². The molecule has 2 aromatic heterocycles. The fraction of sp³-hybridized carbons (Fsp3) is 0.136. The maximum atomic E-state index is 9.02. The first-order valence-corrected chi connectivity index (χ1v) is 9.26. The summed E-state index contributed by atoms with van der Waals surface area (Å²) < 4.78 is 0. The Kier molecular flexibility index (Phi) is 5.23. The molecule has 28 heavy (non-hydrogen) atoms. The number of nitrogens with one attached hydrogen (secondary N) is 1. The fourth-order valence-electron chi connectivity index (χ4n) is 3.05. The molecule has 0 amide bonds. The van der Waals surface area contributed by atoms with E-state index in [2.05, 4.69) is 40.3 Å². The molecule has 0 spiro atoms. The molecule has 6 nitrogen and oxygen atoms in total. The number of hydrogen-bond donors (Lipinski definition) is 3. The Bertz CT molecular complexity index is 1080. The van der Waals surface area contributed by atoms with E-state index in [1.807, 2.05) is 42.5 Å². The highest BCUT2D eigenvalue weighted by Crippen LogP contribution is 2.31. The summed E-state index contributed by atoms with van der Waals surface area (Å²) in [5, 5.41) is 12.1. The summed E-state index contributed by atoms with van der Waals surface area (Å²) in [6, 6.07) is 22.0. The van der Waals surface area contributed by atoms with Crippen LogP contribution in [0.1, 0.15) is 5.56 Å². The summed E-state index contributed by atoms with van der Waals surface area (Å²) in [6.07, 6.45) is 0. The van der Waals surface area contributed by atoms with E-state index < -0.39 is 0 Å². The van der Waals surface area contributed by atoms with Gasteiger partial charge in [0.15, 0.2) is 5.65 Å². The highest BCUT2D eigenvalue weighted by Gasteiger charge is 2.14. The van der Waals surface area contributed by atoms with Crippen molar-refractivity contribution < 1.29 is 10.8 Å². The van der Waals surface area contributed by atoms with Gasteiger partial charge in [0, 0.05) is 23.2 Å². The smallest absolute Gasteiger partial charge is 0.180 e. The van der Waals surface area contributed by atoms with Crippen LogP contribution in [-0.4, -0.2) is 33.2 Å². The second-order valence-corrected chi connectivity index (χ2v) is 6.42. The molecule has 0 atom stereocenters. The third-order valence-electron chi connectivity index (χ3n) is 4.51. The number of aliphatic hydroxyl groups excluding tert-OH is 1.